The maximum atomic E-state index is 11.8. The number of rotatable bonds is 5. The molecule has 0 aliphatic carbocycles. The molecule has 0 aliphatic heterocycles. The molecule has 19 heavy (non-hydrogen) atoms. The lowest BCUT2D eigenvalue weighted by Crippen LogP contribution is -2.26. The Morgan fingerprint density at radius 3 is 2.74 bits per heavy atom. The minimum atomic E-state index is -0.416. The van der Waals surface area contributed by atoms with Crippen molar-refractivity contribution >= 4 is 5.91 Å². The standard InChI is InChI=1S/C12H15N5O2/c1-8(18)6-7-13-12(19)10-4-2-9(3-5-10)11-14-16-17-15-11/h2-5,8,18H,6-7H2,1H3,(H,13,19)(H,14,15,16,17). The van der Waals surface area contributed by atoms with E-state index in [2.05, 4.69) is 25.9 Å². The van der Waals surface area contributed by atoms with Crippen molar-refractivity contribution in [3.8, 4) is 11.4 Å². The van der Waals surface area contributed by atoms with Crippen LogP contribution in [0.1, 0.15) is 23.7 Å². The number of tetrazole rings is 1. The summed E-state index contributed by atoms with van der Waals surface area (Å²) >= 11 is 0. The highest BCUT2D eigenvalue weighted by Gasteiger charge is 2.07. The van der Waals surface area contributed by atoms with Gasteiger partial charge in [-0.25, -0.2) is 0 Å². The number of aromatic nitrogens is 4. The van der Waals surface area contributed by atoms with E-state index in [1.54, 1.807) is 31.2 Å². The Labute approximate surface area is 110 Å². The van der Waals surface area contributed by atoms with Crippen molar-refractivity contribution in [2.45, 2.75) is 19.4 Å². The van der Waals surface area contributed by atoms with Gasteiger partial charge in [-0.15, -0.1) is 10.2 Å². The third-order valence-corrected chi connectivity index (χ3v) is 2.60. The molecule has 1 aromatic heterocycles. The van der Waals surface area contributed by atoms with Gasteiger partial charge < -0.3 is 10.4 Å². The Morgan fingerprint density at radius 1 is 1.42 bits per heavy atom. The number of carbonyl (C=O) groups excluding carboxylic acids is 1. The van der Waals surface area contributed by atoms with Crippen LogP contribution in [0.5, 0.6) is 0 Å². The van der Waals surface area contributed by atoms with Gasteiger partial charge >= 0.3 is 0 Å². The molecule has 2 aromatic rings. The molecule has 3 N–H and O–H groups in total. The summed E-state index contributed by atoms with van der Waals surface area (Å²) < 4.78 is 0. The summed E-state index contributed by atoms with van der Waals surface area (Å²) in [7, 11) is 0. The van der Waals surface area contributed by atoms with Crippen LogP contribution in [-0.2, 0) is 0 Å². The molecule has 1 atom stereocenters. The van der Waals surface area contributed by atoms with Gasteiger partial charge in [0.2, 0.25) is 5.82 Å². The van der Waals surface area contributed by atoms with Gasteiger partial charge in [-0.2, -0.15) is 5.21 Å². The van der Waals surface area contributed by atoms with Crippen molar-refractivity contribution in [1.29, 1.82) is 0 Å². The van der Waals surface area contributed by atoms with Crippen molar-refractivity contribution in [2.24, 2.45) is 0 Å². The van der Waals surface area contributed by atoms with Crippen LogP contribution in [0, 0.1) is 0 Å². The van der Waals surface area contributed by atoms with Crippen molar-refractivity contribution in [3.05, 3.63) is 29.8 Å². The zero-order chi connectivity index (χ0) is 13.7. The highest BCUT2D eigenvalue weighted by Crippen LogP contribution is 2.13. The summed E-state index contributed by atoms with van der Waals surface area (Å²) in [6.07, 6.45) is 0.119. The summed E-state index contributed by atoms with van der Waals surface area (Å²) in [6.45, 7) is 2.13. The van der Waals surface area contributed by atoms with Crippen molar-refractivity contribution in [1.82, 2.24) is 25.9 Å². The molecule has 0 fully saturated rings. The summed E-state index contributed by atoms with van der Waals surface area (Å²) in [5.41, 5.74) is 1.34. The van der Waals surface area contributed by atoms with Crippen LogP contribution >= 0.6 is 0 Å². The van der Waals surface area contributed by atoms with E-state index in [9.17, 15) is 4.79 Å². The van der Waals surface area contributed by atoms with Crippen LogP contribution in [0.2, 0.25) is 0 Å². The lowest BCUT2D eigenvalue weighted by molar-refractivity contribution is 0.0945. The minimum Gasteiger partial charge on any atom is -0.393 e. The van der Waals surface area contributed by atoms with Crippen LogP contribution in [0.3, 0.4) is 0 Å². The minimum absolute atomic E-state index is 0.166. The number of benzene rings is 1. The molecule has 0 spiro atoms. The number of hydrogen-bond donors (Lipinski definition) is 3. The van der Waals surface area contributed by atoms with E-state index < -0.39 is 6.10 Å². The van der Waals surface area contributed by atoms with Gasteiger partial charge in [-0.1, -0.05) is 12.1 Å². The molecular weight excluding hydrogens is 246 g/mol. The zero-order valence-corrected chi connectivity index (χ0v) is 10.5. The number of aliphatic hydroxyl groups is 1. The number of aromatic amines is 1. The quantitative estimate of drug-likeness (QED) is 0.721. The lowest BCUT2D eigenvalue weighted by atomic mass is 10.1. The summed E-state index contributed by atoms with van der Waals surface area (Å²) in [6, 6.07) is 6.91. The third-order valence-electron chi connectivity index (χ3n) is 2.60. The number of aliphatic hydroxyl groups excluding tert-OH is 1. The normalized spacial score (nSPS) is 12.1. The molecule has 2 rings (SSSR count). The van der Waals surface area contributed by atoms with Gasteiger partial charge in [0.05, 0.1) is 6.10 Å². The van der Waals surface area contributed by atoms with E-state index in [1.165, 1.54) is 0 Å². The van der Waals surface area contributed by atoms with Gasteiger partial charge in [0.1, 0.15) is 0 Å². The number of nitrogens with zero attached hydrogens (tertiary/aromatic N) is 3. The second kappa shape index (κ2) is 6.05. The molecule has 1 amide bonds. The highest BCUT2D eigenvalue weighted by molar-refractivity contribution is 5.94. The maximum Gasteiger partial charge on any atom is 0.251 e. The van der Waals surface area contributed by atoms with Crippen molar-refractivity contribution in [2.75, 3.05) is 6.54 Å². The van der Waals surface area contributed by atoms with Crippen LogP contribution < -0.4 is 5.32 Å². The molecule has 1 aromatic carbocycles. The molecule has 100 valence electrons. The molecule has 7 nitrogen and oxygen atoms in total. The molecule has 1 unspecified atom stereocenters. The fourth-order valence-corrected chi connectivity index (χ4v) is 1.55. The van der Waals surface area contributed by atoms with Crippen molar-refractivity contribution in [3.63, 3.8) is 0 Å². The van der Waals surface area contributed by atoms with Gasteiger partial charge in [0.25, 0.3) is 5.91 Å². The Balaban J connectivity index is 1.96. The van der Waals surface area contributed by atoms with Crippen LogP contribution in [0.4, 0.5) is 0 Å². The number of H-pyrrole nitrogens is 1. The first-order valence-electron chi connectivity index (χ1n) is 5.97. The zero-order valence-electron chi connectivity index (χ0n) is 10.5. The first kappa shape index (κ1) is 13.2. The number of carbonyl (C=O) groups is 1. The van der Waals surface area contributed by atoms with Gasteiger partial charge in [-0.3, -0.25) is 4.79 Å². The van der Waals surface area contributed by atoms with E-state index in [0.717, 1.165) is 5.56 Å². The fraction of sp³-hybridized carbons (Fsp3) is 0.333. The van der Waals surface area contributed by atoms with E-state index in [0.29, 0.717) is 24.4 Å². The highest BCUT2D eigenvalue weighted by atomic mass is 16.3. The smallest absolute Gasteiger partial charge is 0.251 e. The average molecular weight is 261 g/mol. The first-order valence-corrected chi connectivity index (χ1v) is 5.97. The van der Waals surface area contributed by atoms with Gasteiger partial charge in [0, 0.05) is 17.7 Å². The van der Waals surface area contributed by atoms with E-state index in [-0.39, 0.29) is 5.91 Å². The molecule has 0 bridgehead atoms. The monoisotopic (exact) mass is 261 g/mol. The molecule has 0 aliphatic rings. The number of amides is 1. The molecule has 7 heteroatoms. The Morgan fingerprint density at radius 2 is 2.16 bits per heavy atom. The third kappa shape index (κ3) is 3.59. The van der Waals surface area contributed by atoms with E-state index >= 15 is 0 Å². The van der Waals surface area contributed by atoms with Gasteiger partial charge in [0.15, 0.2) is 0 Å². The Hall–Kier alpha value is -2.28. The molecular formula is C12H15N5O2. The van der Waals surface area contributed by atoms with Crippen molar-refractivity contribution < 1.29 is 9.90 Å². The predicted octanol–water partition coefficient (Wildman–Crippen LogP) is 0.367. The van der Waals surface area contributed by atoms with E-state index in [1.807, 2.05) is 0 Å². The average Bonchev–Trinajstić information content (AvgIpc) is 2.92. The van der Waals surface area contributed by atoms with E-state index in [4.69, 9.17) is 5.11 Å². The molecule has 0 saturated carbocycles. The summed E-state index contributed by atoms with van der Waals surface area (Å²) in [5, 5.41) is 25.4. The Bertz CT molecular complexity index is 522. The number of hydrogen-bond acceptors (Lipinski definition) is 5. The van der Waals surface area contributed by atoms with Gasteiger partial charge in [-0.05, 0) is 30.7 Å². The summed E-state index contributed by atoms with van der Waals surface area (Å²) in [4.78, 5) is 11.8. The van der Waals surface area contributed by atoms with Crippen LogP contribution in [-0.4, -0.2) is 44.3 Å². The maximum absolute atomic E-state index is 11.8. The second-order valence-corrected chi connectivity index (χ2v) is 4.21. The lowest BCUT2D eigenvalue weighted by Gasteiger charge is -2.06. The number of nitrogens with one attached hydrogen (secondary N) is 2. The second-order valence-electron chi connectivity index (χ2n) is 4.21. The molecule has 0 radical (unpaired) electrons. The molecule has 0 saturated heterocycles. The topological polar surface area (TPSA) is 104 Å². The summed E-state index contributed by atoms with van der Waals surface area (Å²) in [5.74, 6) is 0.321. The SMILES string of the molecule is CC(O)CCNC(=O)c1ccc(-c2nn[nH]n2)cc1. The Kier molecular flexibility index (Phi) is 4.19. The van der Waals surface area contributed by atoms with Crippen LogP contribution in [0.15, 0.2) is 24.3 Å². The molecule has 1 heterocycles. The predicted molar refractivity (Wildman–Crippen MR) is 68.2 cm³/mol. The van der Waals surface area contributed by atoms with Crippen LogP contribution in [0.25, 0.3) is 11.4 Å². The fourth-order valence-electron chi connectivity index (χ4n) is 1.55. The first-order chi connectivity index (χ1) is 9.16. The largest absolute Gasteiger partial charge is 0.393 e.